The molecule has 2 rings (SSSR count). The first-order valence-electron chi connectivity index (χ1n) is 8.60. The van der Waals surface area contributed by atoms with Crippen LogP contribution in [0.5, 0.6) is 0 Å². The van der Waals surface area contributed by atoms with Gasteiger partial charge in [0.15, 0.2) is 5.16 Å². The van der Waals surface area contributed by atoms with Crippen LogP contribution in [-0.2, 0) is 16.0 Å². The summed E-state index contributed by atoms with van der Waals surface area (Å²) >= 11 is 1.50. The van der Waals surface area contributed by atoms with Crippen LogP contribution in [0.25, 0.3) is 0 Å². The number of aromatic nitrogens is 2. The Balaban J connectivity index is 2.04. The van der Waals surface area contributed by atoms with Gasteiger partial charge in [-0.05, 0) is 44.4 Å². The number of carboxylic acids is 1. The molecule has 1 N–H and O–H groups in total. The van der Waals surface area contributed by atoms with E-state index in [1.54, 1.807) is 4.90 Å². The summed E-state index contributed by atoms with van der Waals surface area (Å²) in [5.41, 5.74) is 2.02. The van der Waals surface area contributed by atoms with Gasteiger partial charge in [-0.25, -0.2) is 9.97 Å². The molecule has 1 fully saturated rings. The number of aryl methyl sites for hydroxylation is 2. The van der Waals surface area contributed by atoms with Gasteiger partial charge in [0.25, 0.3) is 0 Å². The van der Waals surface area contributed by atoms with Gasteiger partial charge in [0.05, 0.1) is 5.41 Å². The van der Waals surface area contributed by atoms with Gasteiger partial charge in [-0.15, -0.1) is 0 Å². The number of carbonyl (C=O) groups excluding carboxylic acids is 1. The zero-order valence-electron chi connectivity index (χ0n) is 15.6. The summed E-state index contributed by atoms with van der Waals surface area (Å²) in [5, 5.41) is 10.4. The highest BCUT2D eigenvalue weighted by atomic mass is 32.2. The minimum atomic E-state index is -0.815. The van der Waals surface area contributed by atoms with Gasteiger partial charge in [-0.3, -0.25) is 9.59 Å². The summed E-state index contributed by atoms with van der Waals surface area (Å²) in [4.78, 5) is 34.9. The van der Waals surface area contributed by atoms with Crippen LogP contribution in [0.4, 0.5) is 0 Å². The molecule has 0 bridgehead atoms. The molecule has 1 aliphatic heterocycles. The molecule has 2 heterocycles. The highest BCUT2D eigenvalue weighted by molar-refractivity contribution is 7.98. The fourth-order valence-electron chi connectivity index (χ4n) is 3.49. The Labute approximate surface area is 153 Å². The van der Waals surface area contributed by atoms with Crippen LogP contribution < -0.4 is 0 Å². The van der Waals surface area contributed by atoms with Crippen molar-refractivity contribution in [3.05, 3.63) is 17.0 Å². The molecule has 1 aromatic rings. The highest BCUT2D eigenvalue weighted by Crippen LogP contribution is 2.38. The molecule has 1 unspecified atom stereocenters. The Morgan fingerprint density at radius 1 is 1.28 bits per heavy atom. The first-order valence-corrected chi connectivity index (χ1v) is 9.83. The smallest absolute Gasteiger partial charge is 0.311 e. The Morgan fingerprint density at radius 3 is 2.32 bits per heavy atom. The first kappa shape index (κ1) is 19.7. The van der Waals surface area contributed by atoms with Gasteiger partial charge in [0.2, 0.25) is 5.91 Å². The zero-order valence-corrected chi connectivity index (χ0v) is 16.4. The van der Waals surface area contributed by atoms with Gasteiger partial charge in [-0.2, -0.15) is 0 Å². The maximum absolute atomic E-state index is 12.6. The summed E-state index contributed by atoms with van der Waals surface area (Å²) in [7, 11) is 0. The molecule has 1 saturated heterocycles. The molecule has 25 heavy (non-hydrogen) atoms. The topological polar surface area (TPSA) is 83.4 Å². The second kappa shape index (κ2) is 7.72. The lowest BCUT2D eigenvalue weighted by atomic mass is 9.76. The van der Waals surface area contributed by atoms with Crippen LogP contribution in [-0.4, -0.2) is 51.2 Å². The van der Waals surface area contributed by atoms with E-state index in [0.29, 0.717) is 32.4 Å². The normalized spacial score (nSPS) is 20.3. The quantitative estimate of drug-likeness (QED) is 0.616. The number of hydrogen-bond donors (Lipinski definition) is 1. The van der Waals surface area contributed by atoms with Gasteiger partial charge < -0.3 is 10.0 Å². The van der Waals surface area contributed by atoms with Crippen LogP contribution in [0.1, 0.15) is 43.6 Å². The standard InChI is InChI=1S/C18H27N3O3S/c1-11(2)18(16(23)24)8-9-21(10-18)15(22)7-6-14-12(3)19-17(25-5)20-13(14)4/h11H,6-10H2,1-5H3,(H,23,24). The summed E-state index contributed by atoms with van der Waals surface area (Å²) in [6.45, 7) is 8.54. The third kappa shape index (κ3) is 3.97. The largest absolute Gasteiger partial charge is 0.481 e. The van der Waals surface area contributed by atoms with Gasteiger partial charge >= 0.3 is 5.97 Å². The molecule has 1 aliphatic rings. The van der Waals surface area contributed by atoms with E-state index in [1.807, 2.05) is 34.0 Å². The number of likely N-dealkylation sites (tertiary alicyclic amines) is 1. The van der Waals surface area contributed by atoms with Crippen molar-refractivity contribution in [3.63, 3.8) is 0 Å². The van der Waals surface area contributed by atoms with Crippen molar-refractivity contribution in [2.24, 2.45) is 11.3 Å². The predicted molar refractivity (Wildman–Crippen MR) is 97.7 cm³/mol. The lowest BCUT2D eigenvalue weighted by molar-refractivity contribution is -0.151. The molecular formula is C18H27N3O3S. The number of thioether (sulfide) groups is 1. The van der Waals surface area contributed by atoms with Crippen molar-refractivity contribution in [3.8, 4) is 0 Å². The number of carboxylic acid groups (broad SMARTS) is 1. The van der Waals surface area contributed by atoms with Crippen LogP contribution in [0.15, 0.2) is 5.16 Å². The number of amides is 1. The second-order valence-corrected chi connectivity index (χ2v) is 7.81. The highest BCUT2D eigenvalue weighted by Gasteiger charge is 2.48. The molecule has 1 aromatic heterocycles. The average molecular weight is 365 g/mol. The third-order valence-electron chi connectivity index (χ3n) is 5.36. The molecule has 7 heteroatoms. The molecule has 0 saturated carbocycles. The van der Waals surface area contributed by atoms with Crippen molar-refractivity contribution in [2.45, 2.75) is 52.1 Å². The number of rotatable bonds is 6. The van der Waals surface area contributed by atoms with E-state index < -0.39 is 11.4 Å². The molecule has 1 amide bonds. The Kier molecular flexibility index (Phi) is 6.08. The lowest BCUT2D eigenvalue weighted by Gasteiger charge is -2.28. The Bertz CT molecular complexity index is 655. The molecule has 1 atom stereocenters. The predicted octanol–water partition coefficient (Wildman–Crippen LogP) is 2.71. The minimum absolute atomic E-state index is 0.000206. The Hall–Kier alpha value is -1.63. The molecule has 138 valence electrons. The van der Waals surface area contributed by atoms with Crippen molar-refractivity contribution < 1.29 is 14.7 Å². The van der Waals surface area contributed by atoms with Crippen LogP contribution in [0.2, 0.25) is 0 Å². The first-order chi connectivity index (χ1) is 11.7. The van der Waals surface area contributed by atoms with Gasteiger partial charge in [0.1, 0.15) is 0 Å². The Morgan fingerprint density at radius 2 is 1.88 bits per heavy atom. The lowest BCUT2D eigenvalue weighted by Crippen LogP contribution is -2.40. The van der Waals surface area contributed by atoms with Crippen molar-refractivity contribution in [2.75, 3.05) is 19.3 Å². The van der Waals surface area contributed by atoms with E-state index in [2.05, 4.69) is 9.97 Å². The maximum Gasteiger partial charge on any atom is 0.311 e. The van der Waals surface area contributed by atoms with E-state index in [-0.39, 0.29) is 11.8 Å². The van der Waals surface area contributed by atoms with E-state index in [9.17, 15) is 14.7 Å². The van der Waals surface area contributed by atoms with Gasteiger partial charge in [0, 0.05) is 30.9 Å². The molecule has 0 spiro atoms. The molecule has 6 nitrogen and oxygen atoms in total. The summed E-state index contributed by atoms with van der Waals surface area (Å²) < 4.78 is 0. The third-order valence-corrected chi connectivity index (χ3v) is 5.90. The fourth-order valence-corrected chi connectivity index (χ4v) is 3.95. The van der Waals surface area contributed by atoms with Crippen LogP contribution in [0.3, 0.4) is 0 Å². The van der Waals surface area contributed by atoms with E-state index in [1.165, 1.54) is 11.8 Å². The van der Waals surface area contributed by atoms with Crippen molar-refractivity contribution >= 4 is 23.6 Å². The minimum Gasteiger partial charge on any atom is -0.481 e. The number of aliphatic carboxylic acids is 1. The second-order valence-electron chi connectivity index (χ2n) is 7.04. The molecule has 0 aromatic carbocycles. The van der Waals surface area contributed by atoms with Crippen LogP contribution in [0, 0.1) is 25.2 Å². The van der Waals surface area contributed by atoms with Gasteiger partial charge in [-0.1, -0.05) is 25.6 Å². The zero-order chi connectivity index (χ0) is 18.8. The fraction of sp³-hybridized carbons (Fsp3) is 0.667. The summed E-state index contributed by atoms with van der Waals surface area (Å²) in [6.07, 6.45) is 3.41. The maximum atomic E-state index is 12.6. The van der Waals surface area contributed by atoms with E-state index >= 15 is 0 Å². The summed E-state index contributed by atoms with van der Waals surface area (Å²) in [5.74, 6) is -0.790. The van der Waals surface area contributed by atoms with Crippen molar-refractivity contribution in [1.29, 1.82) is 0 Å². The monoisotopic (exact) mass is 365 g/mol. The van der Waals surface area contributed by atoms with E-state index in [0.717, 1.165) is 22.1 Å². The summed E-state index contributed by atoms with van der Waals surface area (Å²) in [6, 6.07) is 0. The van der Waals surface area contributed by atoms with E-state index in [4.69, 9.17) is 0 Å². The van der Waals surface area contributed by atoms with Crippen LogP contribution >= 0.6 is 11.8 Å². The van der Waals surface area contributed by atoms with Crippen molar-refractivity contribution in [1.82, 2.24) is 14.9 Å². The average Bonchev–Trinajstić information content (AvgIpc) is 3.00. The number of carbonyl (C=O) groups is 2. The number of nitrogens with zero attached hydrogens (tertiary/aromatic N) is 3. The number of hydrogen-bond acceptors (Lipinski definition) is 5. The molecular weight excluding hydrogens is 338 g/mol. The SMILES string of the molecule is CSc1nc(C)c(CCC(=O)N2CCC(C(=O)O)(C(C)C)C2)c(C)n1. The molecule has 0 aliphatic carbocycles. The molecule has 0 radical (unpaired) electrons.